The summed E-state index contributed by atoms with van der Waals surface area (Å²) in [5, 5.41) is 0. The lowest BCUT2D eigenvalue weighted by Crippen LogP contribution is -2.38. The maximum Gasteiger partial charge on any atom is 0.260 e. The zero-order valence-electron chi connectivity index (χ0n) is 8.43. The van der Waals surface area contributed by atoms with Gasteiger partial charge in [-0.1, -0.05) is 24.3 Å². The van der Waals surface area contributed by atoms with Crippen molar-refractivity contribution in [2.75, 3.05) is 7.05 Å². The van der Waals surface area contributed by atoms with E-state index in [0.717, 1.165) is 4.90 Å². The van der Waals surface area contributed by atoms with Crippen molar-refractivity contribution in [3.63, 3.8) is 0 Å². The molecule has 2 bridgehead atoms. The van der Waals surface area contributed by atoms with Crippen LogP contribution < -0.4 is 0 Å². The van der Waals surface area contributed by atoms with Crippen molar-refractivity contribution in [3.8, 4) is 0 Å². The third kappa shape index (κ3) is 1.68. The molecule has 2 rings (SSSR count). The van der Waals surface area contributed by atoms with Gasteiger partial charge in [0.15, 0.2) is 0 Å². The number of likely N-dealkylation sites (N-methyl/N-ethyl adjacent to an activating group) is 1. The van der Waals surface area contributed by atoms with Crippen molar-refractivity contribution in [2.24, 2.45) is 0 Å². The third-order valence-electron chi connectivity index (χ3n) is 2.43. The molecular formula is C12H11NO2. The van der Waals surface area contributed by atoms with E-state index < -0.39 is 0 Å². The zero-order valence-corrected chi connectivity index (χ0v) is 8.43. The Bertz CT molecular complexity index is 439. The Balaban J connectivity index is 2.51. The number of fused-ring (bicyclic) bond motifs is 1. The summed E-state index contributed by atoms with van der Waals surface area (Å²) in [6.07, 6.45) is 11.4. The van der Waals surface area contributed by atoms with Crippen LogP contribution in [-0.4, -0.2) is 23.8 Å². The van der Waals surface area contributed by atoms with E-state index in [2.05, 4.69) is 0 Å². The Kier molecular flexibility index (Phi) is 2.37. The van der Waals surface area contributed by atoms with Crippen molar-refractivity contribution in [3.05, 3.63) is 47.6 Å². The Labute approximate surface area is 88.1 Å². The number of nitrogens with zero attached hydrogens (tertiary/aromatic N) is 1. The molecule has 0 saturated carbocycles. The summed E-state index contributed by atoms with van der Waals surface area (Å²) < 4.78 is 0. The van der Waals surface area contributed by atoms with Gasteiger partial charge in [0, 0.05) is 18.2 Å². The molecule has 0 unspecified atom stereocenters. The van der Waals surface area contributed by atoms with Gasteiger partial charge in [-0.2, -0.15) is 0 Å². The lowest BCUT2D eigenvalue weighted by molar-refractivity contribution is -0.138. The molecule has 0 aromatic rings. The molecule has 0 aromatic heterocycles. The summed E-state index contributed by atoms with van der Waals surface area (Å²) in [4.78, 5) is 24.5. The summed E-state index contributed by atoms with van der Waals surface area (Å²) in [7, 11) is 1.51. The average Bonchev–Trinajstić information content (AvgIpc) is 2.34. The number of hydrogen-bond acceptors (Lipinski definition) is 2. The average molecular weight is 201 g/mol. The predicted octanol–water partition coefficient (Wildman–Crippen LogP) is 1.35. The van der Waals surface area contributed by atoms with E-state index >= 15 is 0 Å². The molecule has 3 heteroatoms. The van der Waals surface area contributed by atoms with Gasteiger partial charge in [0.25, 0.3) is 11.8 Å². The smallest absolute Gasteiger partial charge is 0.260 e. The summed E-state index contributed by atoms with van der Waals surface area (Å²) in [5.41, 5.74) is 1.22. The van der Waals surface area contributed by atoms with E-state index in [0.29, 0.717) is 17.6 Å². The van der Waals surface area contributed by atoms with Gasteiger partial charge < -0.3 is 0 Å². The Morgan fingerprint density at radius 1 is 1.13 bits per heavy atom. The van der Waals surface area contributed by atoms with Crippen LogP contribution in [0.25, 0.3) is 0 Å². The second-order valence-corrected chi connectivity index (χ2v) is 3.48. The molecule has 0 spiro atoms. The van der Waals surface area contributed by atoms with Gasteiger partial charge in [0.1, 0.15) is 0 Å². The molecule has 15 heavy (non-hydrogen) atoms. The summed E-state index contributed by atoms with van der Waals surface area (Å²) >= 11 is 0. The SMILES string of the molecule is CN1C(=O)C2=C\C(=C/C=C\C=C/C2)C1=O. The molecule has 3 nitrogen and oxygen atoms in total. The van der Waals surface area contributed by atoms with Crippen molar-refractivity contribution < 1.29 is 9.59 Å². The lowest BCUT2D eigenvalue weighted by atomic mass is 10.0. The van der Waals surface area contributed by atoms with Crippen LogP contribution in [0, 0.1) is 0 Å². The van der Waals surface area contributed by atoms with E-state index in [1.807, 2.05) is 18.2 Å². The molecule has 0 radical (unpaired) electrons. The molecule has 2 amide bonds. The van der Waals surface area contributed by atoms with Crippen LogP contribution in [0.3, 0.4) is 0 Å². The molecule has 2 aliphatic rings. The second kappa shape index (κ2) is 3.69. The number of carbonyl (C=O) groups excluding carboxylic acids is 2. The Morgan fingerprint density at radius 2 is 1.93 bits per heavy atom. The zero-order chi connectivity index (χ0) is 10.8. The Hall–Kier alpha value is -1.90. The monoisotopic (exact) mass is 201 g/mol. The van der Waals surface area contributed by atoms with E-state index in [1.54, 1.807) is 18.2 Å². The number of allylic oxidation sites excluding steroid dienone is 5. The predicted molar refractivity (Wildman–Crippen MR) is 56.8 cm³/mol. The van der Waals surface area contributed by atoms with Crippen molar-refractivity contribution >= 4 is 11.8 Å². The first-order chi connectivity index (χ1) is 7.20. The van der Waals surface area contributed by atoms with Crippen LogP contribution in [0.1, 0.15) is 6.42 Å². The number of imide groups is 1. The van der Waals surface area contributed by atoms with E-state index in [9.17, 15) is 9.59 Å². The van der Waals surface area contributed by atoms with Crippen LogP contribution >= 0.6 is 0 Å². The third-order valence-corrected chi connectivity index (χ3v) is 2.43. The summed E-state index contributed by atoms with van der Waals surface area (Å²) in [6, 6.07) is 0. The minimum absolute atomic E-state index is 0.205. The van der Waals surface area contributed by atoms with E-state index in [-0.39, 0.29) is 11.8 Å². The number of rotatable bonds is 0. The van der Waals surface area contributed by atoms with Crippen molar-refractivity contribution in [1.82, 2.24) is 4.90 Å². The molecule has 1 heterocycles. The summed E-state index contributed by atoms with van der Waals surface area (Å²) in [5.74, 6) is -0.445. The fraction of sp³-hybridized carbons (Fsp3) is 0.167. The molecule has 0 atom stereocenters. The highest BCUT2D eigenvalue weighted by Gasteiger charge is 2.27. The highest BCUT2D eigenvalue weighted by Crippen LogP contribution is 2.20. The van der Waals surface area contributed by atoms with Crippen molar-refractivity contribution in [2.45, 2.75) is 6.42 Å². The quantitative estimate of drug-likeness (QED) is 0.555. The number of hydrogen-bond donors (Lipinski definition) is 0. The van der Waals surface area contributed by atoms with Gasteiger partial charge in [-0.15, -0.1) is 0 Å². The fourth-order valence-corrected chi connectivity index (χ4v) is 1.58. The normalized spacial score (nSPS) is 28.2. The van der Waals surface area contributed by atoms with E-state index in [4.69, 9.17) is 0 Å². The maximum atomic E-state index is 11.7. The highest BCUT2D eigenvalue weighted by atomic mass is 16.2. The van der Waals surface area contributed by atoms with Crippen molar-refractivity contribution in [1.29, 1.82) is 0 Å². The van der Waals surface area contributed by atoms with Gasteiger partial charge in [-0.05, 0) is 18.6 Å². The molecule has 1 aliphatic heterocycles. The number of amides is 2. The van der Waals surface area contributed by atoms with Gasteiger partial charge in [-0.3, -0.25) is 14.5 Å². The first kappa shape index (κ1) is 9.65. The first-order valence-electron chi connectivity index (χ1n) is 4.76. The van der Waals surface area contributed by atoms with Gasteiger partial charge in [0.2, 0.25) is 0 Å². The fourth-order valence-electron chi connectivity index (χ4n) is 1.58. The van der Waals surface area contributed by atoms with E-state index in [1.165, 1.54) is 7.05 Å². The van der Waals surface area contributed by atoms with Gasteiger partial charge in [-0.25, -0.2) is 0 Å². The van der Waals surface area contributed by atoms with Gasteiger partial charge in [0.05, 0.1) is 0 Å². The number of carbonyl (C=O) groups is 2. The minimum Gasteiger partial charge on any atom is -0.278 e. The lowest BCUT2D eigenvalue weighted by Gasteiger charge is -2.22. The molecule has 0 N–H and O–H groups in total. The molecule has 0 fully saturated rings. The maximum absolute atomic E-state index is 11.7. The molecular weight excluding hydrogens is 190 g/mol. The minimum atomic E-state index is -0.240. The molecule has 76 valence electrons. The van der Waals surface area contributed by atoms with Crippen LogP contribution in [0.2, 0.25) is 0 Å². The van der Waals surface area contributed by atoms with Crippen LogP contribution in [-0.2, 0) is 9.59 Å². The molecule has 0 aromatic carbocycles. The largest absolute Gasteiger partial charge is 0.278 e. The topological polar surface area (TPSA) is 37.4 Å². The van der Waals surface area contributed by atoms with Crippen LogP contribution in [0.4, 0.5) is 0 Å². The first-order valence-corrected chi connectivity index (χ1v) is 4.76. The highest BCUT2D eigenvalue weighted by molar-refractivity contribution is 6.15. The standard InChI is InChI=1S/C12H11NO2/c1-13-11(14)9-6-4-2-3-5-7-10(8-9)12(13)15/h2-6,8H,7H2,1H3/b4-2-,5-3-,9-6+. The van der Waals surface area contributed by atoms with Gasteiger partial charge >= 0.3 is 0 Å². The molecule has 0 saturated heterocycles. The van der Waals surface area contributed by atoms with Crippen LogP contribution in [0.5, 0.6) is 0 Å². The second-order valence-electron chi connectivity index (χ2n) is 3.48. The molecule has 1 aliphatic carbocycles. The Morgan fingerprint density at radius 3 is 2.73 bits per heavy atom. The van der Waals surface area contributed by atoms with Crippen LogP contribution in [0.15, 0.2) is 47.6 Å². The summed E-state index contributed by atoms with van der Waals surface area (Å²) in [6.45, 7) is 0.